The van der Waals surface area contributed by atoms with Crippen LogP contribution in [-0.2, 0) is 9.53 Å². The summed E-state index contributed by atoms with van der Waals surface area (Å²) in [5.41, 5.74) is -0.00799. The molecule has 0 aromatic rings. The van der Waals surface area contributed by atoms with Gasteiger partial charge >= 0.3 is 0 Å². The summed E-state index contributed by atoms with van der Waals surface area (Å²) >= 11 is 0. The Labute approximate surface area is 86.4 Å². The smallest absolute Gasteiger partial charge is 0.219 e. The third-order valence-electron chi connectivity index (χ3n) is 3.51. The molecule has 0 spiro atoms. The van der Waals surface area contributed by atoms with Gasteiger partial charge in [0.1, 0.15) is 0 Å². The first-order valence-corrected chi connectivity index (χ1v) is 5.32. The lowest BCUT2D eigenvalue weighted by Gasteiger charge is -2.43. The maximum Gasteiger partial charge on any atom is 0.219 e. The molecule has 14 heavy (non-hydrogen) atoms. The van der Waals surface area contributed by atoms with Crippen LogP contribution < -0.4 is 0 Å². The molecule has 1 aliphatic rings. The van der Waals surface area contributed by atoms with Crippen LogP contribution in [0.3, 0.4) is 0 Å². The maximum atomic E-state index is 11.2. The van der Waals surface area contributed by atoms with Crippen molar-refractivity contribution in [3.8, 4) is 0 Å². The molecule has 82 valence electrons. The van der Waals surface area contributed by atoms with E-state index in [4.69, 9.17) is 4.74 Å². The van der Waals surface area contributed by atoms with Gasteiger partial charge in [-0.25, -0.2) is 0 Å². The van der Waals surface area contributed by atoms with Gasteiger partial charge in [0.05, 0.1) is 5.60 Å². The highest BCUT2D eigenvalue weighted by Gasteiger charge is 2.37. The summed E-state index contributed by atoms with van der Waals surface area (Å²) in [6, 6.07) is 0. The summed E-state index contributed by atoms with van der Waals surface area (Å²) < 4.78 is 5.63. The number of likely N-dealkylation sites (tertiary alicyclic amines) is 1. The molecule has 0 saturated carbocycles. The molecule has 0 radical (unpaired) electrons. The average molecular weight is 199 g/mol. The number of ether oxygens (including phenoxy) is 1. The highest BCUT2D eigenvalue weighted by atomic mass is 16.5. The van der Waals surface area contributed by atoms with Gasteiger partial charge in [-0.15, -0.1) is 0 Å². The Bertz CT molecular complexity index is 205. The third kappa shape index (κ3) is 2.08. The van der Waals surface area contributed by atoms with Crippen molar-refractivity contribution < 1.29 is 9.53 Å². The molecule has 3 nitrogen and oxygen atoms in total. The Morgan fingerprint density at radius 2 is 1.86 bits per heavy atom. The number of hydrogen-bond acceptors (Lipinski definition) is 2. The number of carbonyl (C=O) groups excluding carboxylic acids is 1. The molecule has 0 aliphatic carbocycles. The first-order valence-electron chi connectivity index (χ1n) is 5.32. The second-order valence-electron chi connectivity index (χ2n) is 4.43. The van der Waals surface area contributed by atoms with Gasteiger partial charge in [-0.05, 0) is 18.8 Å². The number of nitrogens with zero attached hydrogens (tertiary/aromatic N) is 1. The van der Waals surface area contributed by atoms with Crippen molar-refractivity contribution in [3.05, 3.63) is 0 Å². The third-order valence-corrected chi connectivity index (χ3v) is 3.51. The van der Waals surface area contributed by atoms with Crippen LogP contribution in [0, 0.1) is 5.92 Å². The molecule has 0 aromatic heterocycles. The SMILES string of the molecule is COC1(C(C)C)CCN(C(C)=O)CC1. The van der Waals surface area contributed by atoms with Crippen molar-refractivity contribution in [3.63, 3.8) is 0 Å². The van der Waals surface area contributed by atoms with Crippen LogP contribution in [-0.4, -0.2) is 36.6 Å². The van der Waals surface area contributed by atoms with Gasteiger partial charge in [0.15, 0.2) is 0 Å². The zero-order valence-corrected chi connectivity index (χ0v) is 9.67. The number of rotatable bonds is 2. The molecule has 1 aliphatic heterocycles. The van der Waals surface area contributed by atoms with Crippen molar-refractivity contribution in [1.82, 2.24) is 4.90 Å². The second kappa shape index (κ2) is 4.30. The van der Waals surface area contributed by atoms with Gasteiger partial charge in [0.2, 0.25) is 5.91 Å². The molecule has 0 N–H and O–H groups in total. The minimum absolute atomic E-state index is 0.00799. The molecule has 1 fully saturated rings. The number of carbonyl (C=O) groups is 1. The summed E-state index contributed by atoms with van der Waals surface area (Å²) in [6.45, 7) is 7.68. The van der Waals surface area contributed by atoms with Crippen LogP contribution in [0.2, 0.25) is 0 Å². The standard InChI is InChI=1S/C11H21NO2/c1-9(2)11(14-4)5-7-12(8-6-11)10(3)13/h9H,5-8H2,1-4H3. The molecule has 1 saturated heterocycles. The van der Waals surface area contributed by atoms with E-state index in [-0.39, 0.29) is 11.5 Å². The van der Waals surface area contributed by atoms with Crippen molar-refractivity contribution >= 4 is 5.91 Å². The van der Waals surface area contributed by atoms with E-state index in [1.54, 1.807) is 14.0 Å². The van der Waals surface area contributed by atoms with Crippen LogP contribution in [0.4, 0.5) is 0 Å². The largest absolute Gasteiger partial charge is 0.378 e. The molecule has 1 heterocycles. The van der Waals surface area contributed by atoms with Gasteiger partial charge in [0, 0.05) is 27.1 Å². The summed E-state index contributed by atoms with van der Waals surface area (Å²) in [7, 11) is 1.78. The van der Waals surface area contributed by atoms with Crippen molar-refractivity contribution in [1.29, 1.82) is 0 Å². The second-order valence-corrected chi connectivity index (χ2v) is 4.43. The highest BCUT2D eigenvalue weighted by molar-refractivity contribution is 5.73. The van der Waals surface area contributed by atoms with Crippen LogP contribution in [0.15, 0.2) is 0 Å². The lowest BCUT2D eigenvalue weighted by atomic mass is 9.81. The van der Waals surface area contributed by atoms with E-state index >= 15 is 0 Å². The molecule has 1 amide bonds. The fourth-order valence-electron chi connectivity index (χ4n) is 2.22. The predicted molar refractivity (Wildman–Crippen MR) is 56.1 cm³/mol. The van der Waals surface area contributed by atoms with Crippen LogP contribution >= 0.6 is 0 Å². The molecular formula is C11H21NO2. The van der Waals surface area contributed by atoms with Gasteiger partial charge in [-0.3, -0.25) is 4.79 Å². The van der Waals surface area contributed by atoms with E-state index in [1.165, 1.54) is 0 Å². The summed E-state index contributed by atoms with van der Waals surface area (Å²) in [5, 5.41) is 0. The number of methoxy groups -OCH3 is 1. The lowest BCUT2D eigenvalue weighted by Crippen LogP contribution is -2.49. The van der Waals surface area contributed by atoms with E-state index < -0.39 is 0 Å². The van der Waals surface area contributed by atoms with Crippen molar-refractivity contribution in [2.45, 2.75) is 39.2 Å². The Morgan fingerprint density at radius 3 is 2.14 bits per heavy atom. The summed E-state index contributed by atoms with van der Waals surface area (Å²) in [5.74, 6) is 0.695. The van der Waals surface area contributed by atoms with E-state index in [9.17, 15) is 4.79 Å². The summed E-state index contributed by atoms with van der Waals surface area (Å²) in [4.78, 5) is 13.1. The molecular weight excluding hydrogens is 178 g/mol. The monoisotopic (exact) mass is 199 g/mol. The lowest BCUT2D eigenvalue weighted by molar-refractivity contribution is -0.137. The first-order chi connectivity index (χ1) is 6.52. The molecule has 0 atom stereocenters. The normalized spacial score (nSPS) is 21.4. The fourth-order valence-corrected chi connectivity index (χ4v) is 2.22. The molecule has 0 unspecified atom stereocenters. The van der Waals surface area contributed by atoms with Crippen LogP contribution in [0.25, 0.3) is 0 Å². The van der Waals surface area contributed by atoms with Gasteiger partial charge in [-0.1, -0.05) is 13.8 Å². The minimum atomic E-state index is -0.00799. The Balaban J connectivity index is 2.59. The number of amides is 1. The first kappa shape index (κ1) is 11.5. The van der Waals surface area contributed by atoms with Crippen LogP contribution in [0.1, 0.15) is 33.6 Å². The van der Waals surface area contributed by atoms with E-state index in [2.05, 4.69) is 13.8 Å². The zero-order chi connectivity index (χ0) is 10.8. The maximum absolute atomic E-state index is 11.2. The zero-order valence-electron chi connectivity index (χ0n) is 9.67. The quantitative estimate of drug-likeness (QED) is 0.677. The van der Waals surface area contributed by atoms with Crippen LogP contribution in [0.5, 0.6) is 0 Å². The predicted octanol–water partition coefficient (Wildman–Crippen LogP) is 1.67. The topological polar surface area (TPSA) is 29.5 Å². The molecule has 0 bridgehead atoms. The average Bonchev–Trinajstić information content (AvgIpc) is 2.17. The van der Waals surface area contributed by atoms with Gasteiger partial charge in [0.25, 0.3) is 0 Å². The van der Waals surface area contributed by atoms with Gasteiger partial charge < -0.3 is 9.64 Å². The highest BCUT2D eigenvalue weighted by Crippen LogP contribution is 2.32. The summed E-state index contributed by atoms with van der Waals surface area (Å²) in [6.07, 6.45) is 1.92. The Kier molecular flexibility index (Phi) is 3.53. The van der Waals surface area contributed by atoms with Crippen molar-refractivity contribution in [2.75, 3.05) is 20.2 Å². The number of hydrogen-bond donors (Lipinski definition) is 0. The Hall–Kier alpha value is -0.570. The van der Waals surface area contributed by atoms with E-state index in [1.807, 2.05) is 4.90 Å². The van der Waals surface area contributed by atoms with E-state index in [0.717, 1.165) is 25.9 Å². The Morgan fingerprint density at radius 1 is 1.36 bits per heavy atom. The molecule has 3 heteroatoms. The number of piperidine rings is 1. The van der Waals surface area contributed by atoms with E-state index in [0.29, 0.717) is 5.92 Å². The molecule has 1 rings (SSSR count). The minimum Gasteiger partial charge on any atom is -0.378 e. The van der Waals surface area contributed by atoms with Gasteiger partial charge in [-0.2, -0.15) is 0 Å². The fraction of sp³-hybridized carbons (Fsp3) is 0.909. The molecule has 0 aromatic carbocycles. The van der Waals surface area contributed by atoms with Crippen molar-refractivity contribution in [2.24, 2.45) is 5.92 Å².